The van der Waals surface area contributed by atoms with Crippen molar-refractivity contribution >= 4 is 29.1 Å². The van der Waals surface area contributed by atoms with E-state index in [-0.39, 0.29) is 5.91 Å². The number of amides is 1. The fourth-order valence-electron chi connectivity index (χ4n) is 2.52. The zero-order valence-electron chi connectivity index (χ0n) is 12.6. The number of piperazine rings is 1. The van der Waals surface area contributed by atoms with Crippen molar-refractivity contribution in [3.05, 3.63) is 40.9 Å². The first-order chi connectivity index (χ1) is 10.5. The lowest BCUT2D eigenvalue weighted by atomic mass is 10.2. The van der Waals surface area contributed by atoms with Gasteiger partial charge in [-0.05, 0) is 31.2 Å². The number of carbonyl (C=O) groups excluding carboxylic acids is 1. The number of hydrogen-bond donors (Lipinski definition) is 1. The van der Waals surface area contributed by atoms with E-state index in [1.165, 1.54) is 4.90 Å². The van der Waals surface area contributed by atoms with E-state index in [2.05, 4.69) is 6.58 Å². The maximum Gasteiger partial charge on any atom is 0.263 e. The average Bonchev–Trinajstić information content (AvgIpc) is 2.50. The summed E-state index contributed by atoms with van der Waals surface area (Å²) in [5.41, 5.74) is 0. The normalized spacial score (nSPS) is 17.1. The largest absolute Gasteiger partial charge is 0.479 e. The van der Waals surface area contributed by atoms with Crippen LogP contribution in [0.25, 0.3) is 0 Å². The fourth-order valence-corrected chi connectivity index (χ4v) is 2.97. The van der Waals surface area contributed by atoms with Gasteiger partial charge in [-0.15, -0.1) is 0 Å². The molecule has 1 aliphatic heterocycles. The minimum atomic E-state index is -0.570. The van der Waals surface area contributed by atoms with Gasteiger partial charge in [0, 0.05) is 5.02 Å². The second kappa shape index (κ2) is 7.86. The monoisotopic (exact) mass is 343 g/mol. The summed E-state index contributed by atoms with van der Waals surface area (Å²) >= 11 is 11.9. The molecule has 1 atom stereocenters. The molecule has 1 N–H and O–H groups in total. The van der Waals surface area contributed by atoms with Gasteiger partial charge < -0.3 is 14.5 Å². The number of ether oxygens (including phenoxy) is 1. The van der Waals surface area contributed by atoms with Crippen LogP contribution in [0.15, 0.2) is 30.9 Å². The Morgan fingerprint density at radius 2 is 2.14 bits per heavy atom. The van der Waals surface area contributed by atoms with Gasteiger partial charge in [-0.2, -0.15) is 0 Å². The van der Waals surface area contributed by atoms with Crippen LogP contribution < -0.4 is 9.64 Å². The van der Waals surface area contributed by atoms with Gasteiger partial charge >= 0.3 is 0 Å². The molecule has 0 aromatic heterocycles. The highest BCUT2D eigenvalue weighted by Gasteiger charge is 2.27. The molecule has 2 rings (SSSR count). The number of halogens is 2. The molecule has 0 spiro atoms. The molecule has 0 radical (unpaired) electrons. The number of nitrogens with zero attached hydrogens (tertiary/aromatic N) is 1. The van der Waals surface area contributed by atoms with Crippen LogP contribution >= 0.6 is 23.2 Å². The Balaban J connectivity index is 1.91. The highest BCUT2D eigenvalue weighted by atomic mass is 35.5. The molecule has 22 heavy (non-hydrogen) atoms. The first-order valence-corrected chi connectivity index (χ1v) is 8.12. The molecule has 1 aliphatic rings. The third-order valence-corrected chi connectivity index (χ3v) is 4.29. The first-order valence-electron chi connectivity index (χ1n) is 7.36. The summed E-state index contributed by atoms with van der Waals surface area (Å²) in [4.78, 5) is 15.7. The van der Waals surface area contributed by atoms with Crippen molar-refractivity contribution in [3.8, 4) is 5.75 Å². The van der Waals surface area contributed by atoms with Crippen LogP contribution in [0.4, 0.5) is 0 Å². The van der Waals surface area contributed by atoms with E-state index in [0.29, 0.717) is 15.8 Å². The summed E-state index contributed by atoms with van der Waals surface area (Å²) in [6, 6.07) is 4.98. The van der Waals surface area contributed by atoms with Crippen molar-refractivity contribution in [2.45, 2.75) is 13.0 Å². The minimum absolute atomic E-state index is 0.0105. The number of nitrogens with one attached hydrogen (secondary N) is 1. The van der Waals surface area contributed by atoms with Crippen LogP contribution in [0.1, 0.15) is 6.92 Å². The van der Waals surface area contributed by atoms with Crippen LogP contribution in [0.2, 0.25) is 10.0 Å². The van der Waals surface area contributed by atoms with Crippen molar-refractivity contribution in [1.82, 2.24) is 4.90 Å². The van der Waals surface area contributed by atoms with Gasteiger partial charge in [0.25, 0.3) is 5.91 Å². The van der Waals surface area contributed by atoms with E-state index >= 15 is 0 Å². The van der Waals surface area contributed by atoms with Crippen molar-refractivity contribution < 1.29 is 14.4 Å². The van der Waals surface area contributed by atoms with E-state index in [4.69, 9.17) is 27.9 Å². The third-order valence-electron chi connectivity index (χ3n) is 3.76. The zero-order chi connectivity index (χ0) is 16.1. The molecule has 0 bridgehead atoms. The third kappa shape index (κ3) is 4.38. The molecular weight excluding hydrogens is 323 g/mol. The van der Waals surface area contributed by atoms with Gasteiger partial charge in [0.15, 0.2) is 6.10 Å². The van der Waals surface area contributed by atoms with Crippen LogP contribution in [0.5, 0.6) is 5.75 Å². The number of rotatable bonds is 5. The smallest absolute Gasteiger partial charge is 0.263 e. The van der Waals surface area contributed by atoms with Gasteiger partial charge in [-0.25, -0.2) is 0 Å². The summed E-state index contributed by atoms with van der Waals surface area (Å²) < 4.78 is 5.68. The first kappa shape index (κ1) is 17.1. The summed E-state index contributed by atoms with van der Waals surface area (Å²) in [5, 5.41) is 0.949. The summed E-state index contributed by atoms with van der Waals surface area (Å²) in [7, 11) is 0. The molecule has 1 aromatic rings. The lowest BCUT2D eigenvalue weighted by molar-refractivity contribution is -0.898. The van der Waals surface area contributed by atoms with Crippen molar-refractivity contribution in [1.29, 1.82) is 0 Å². The minimum Gasteiger partial charge on any atom is -0.479 e. The van der Waals surface area contributed by atoms with Crippen LogP contribution in [-0.4, -0.2) is 49.6 Å². The number of benzene rings is 1. The van der Waals surface area contributed by atoms with E-state index in [9.17, 15) is 4.79 Å². The van der Waals surface area contributed by atoms with Gasteiger partial charge in [0.2, 0.25) is 0 Å². The zero-order valence-corrected chi connectivity index (χ0v) is 14.2. The van der Waals surface area contributed by atoms with Gasteiger partial charge in [0.1, 0.15) is 5.75 Å². The number of hydrogen-bond acceptors (Lipinski definition) is 2. The molecule has 120 valence electrons. The highest BCUT2D eigenvalue weighted by Crippen LogP contribution is 2.28. The molecule has 6 heteroatoms. The Hall–Kier alpha value is -1.23. The Kier molecular flexibility index (Phi) is 6.12. The molecule has 4 nitrogen and oxygen atoms in total. The predicted octanol–water partition coefficient (Wildman–Crippen LogP) is 1.67. The Morgan fingerprint density at radius 1 is 1.45 bits per heavy atom. The maximum atomic E-state index is 12.4. The van der Waals surface area contributed by atoms with E-state index in [0.717, 1.165) is 32.7 Å². The Morgan fingerprint density at radius 3 is 2.73 bits per heavy atom. The molecule has 1 amide bonds. The van der Waals surface area contributed by atoms with Crippen molar-refractivity contribution in [2.24, 2.45) is 0 Å². The Bertz CT molecular complexity index is 543. The molecule has 1 aromatic carbocycles. The lowest BCUT2D eigenvalue weighted by Gasteiger charge is -2.33. The van der Waals surface area contributed by atoms with E-state index in [1.54, 1.807) is 25.1 Å². The number of carbonyl (C=O) groups is 1. The van der Waals surface area contributed by atoms with Crippen LogP contribution in [-0.2, 0) is 4.79 Å². The summed E-state index contributed by atoms with van der Waals surface area (Å²) in [6.07, 6.45) is 1.35. The summed E-state index contributed by atoms with van der Waals surface area (Å²) in [6.45, 7) is 9.79. The predicted molar refractivity (Wildman–Crippen MR) is 88.9 cm³/mol. The molecule has 1 heterocycles. The molecule has 0 unspecified atom stereocenters. The lowest BCUT2D eigenvalue weighted by Crippen LogP contribution is -3.14. The van der Waals surface area contributed by atoms with E-state index in [1.807, 2.05) is 11.0 Å². The summed E-state index contributed by atoms with van der Waals surface area (Å²) in [5.74, 6) is 0.464. The van der Waals surface area contributed by atoms with Gasteiger partial charge in [-0.3, -0.25) is 4.79 Å². The van der Waals surface area contributed by atoms with Crippen molar-refractivity contribution in [2.75, 3.05) is 32.7 Å². The van der Waals surface area contributed by atoms with Crippen LogP contribution in [0, 0.1) is 0 Å². The molecule has 0 saturated carbocycles. The molecular formula is C16H21Cl2N2O2+. The van der Waals surface area contributed by atoms with E-state index < -0.39 is 6.10 Å². The Labute approximate surface area is 141 Å². The fraction of sp³-hybridized carbons (Fsp3) is 0.438. The SMILES string of the molecule is C=CC[NH+]1CCN(C(=O)[C@@H](C)Oc2ccc(Cl)cc2Cl)CC1. The molecule has 0 aliphatic carbocycles. The highest BCUT2D eigenvalue weighted by molar-refractivity contribution is 6.35. The second-order valence-corrected chi connectivity index (χ2v) is 6.25. The van der Waals surface area contributed by atoms with Crippen LogP contribution in [0.3, 0.4) is 0 Å². The average molecular weight is 344 g/mol. The van der Waals surface area contributed by atoms with Gasteiger partial charge in [-0.1, -0.05) is 29.8 Å². The number of quaternary nitrogens is 1. The second-order valence-electron chi connectivity index (χ2n) is 5.40. The quantitative estimate of drug-likeness (QED) is 0.825. The standard InChI is InChI=1S/C16H20Cl2N2O2/c1-3-6-19-7-9-20(10-8-19)16(21)12(2)22-15-5-4-13(17)11-14(15)18/h3-5,11-12H,1,6-10H2,2H3/p+1/t12-/m1/s1. The molecule has 1 saturated heterocycles. The van der Waals surface area contributed by atoms with Gasteiger partial charge in [0.05, 0.1) is 37.7 Å². The van der Waals surface area contributed by atoms with Crippen molar-refractivity contribution in [3.63, 3.8) is 0 Å². The maximum absolute atomic E-state index is 12.4. The topological polar surface area (TPSA) is 34.0 Å². The molecule has 1 fully saturated rings.